The van der Waals surface area contributed by atoms with Gasteiger partial charge in [-0.25, -0.2) is 9.78 Å². The van der Waals surface area contributed by atoms with Crippen molar-refractivity contribution in [2.45, 2.75) is 26.4 Å². The number of imidazole rings is 1. The van der Waals surface area contributed by atoms with Gasteiger partial charge in [-0.05, 0) is 55.8 Å². The number of carboxylic acid groups (broad SMARTS) is 1. The molecule has 0 aliphatic heterocycles. The van der Waals surface area contributed by atoms with Crippen molar-refractivity contribution >= 4 is 34.5 Å². The van der Waals surface area contributed by atoms with Gasteiger partial charge in [-0.3, -0.25) is 4.79 Å². The Labute approximate surface area is 148 Å². The van der Waals surface area contributed by atoms with E-state index in [1.165, 1.54) is 6.07 Å². The van der Waals surface area contributed by atoms with Gasteiger partial charge in [0.05, 0.1) is 17.6 Å². The van der Waals surface area contributed by atoms with Crippen LogP contribution in [0.15, 0.2) is 34.7 Å². The van der Waals surface area contributed by atoms with Gasteiger partial charge in [-0.2, -0.15) is 0 Å². The van der Waals surface area contributed by atoms with Crippen molar-refractivity contribution in [2.75, 3.05) is 0 Å². The molecule has 0 saturated heterocycles. The average molecular weight is 362 g/mol. The molecule has 0 fully saturated rings. The Bertz CT molecular complexity index is 944. The highest BCUT2D eigenvalue weighted by Crippen LogP contribution is 2.20. The monoisotopic (exact) mass is 361 g/mol. The second-order valence-electron chi connectivity index (χ2n) is 5.86. The van der Waals surface area contributed by atoms with E-state index in [0.29, 0.717) is 22.4 Å². The number of halogens is 1. The smallest absolute Gasteiger partial charge is 0.371 e. The van der Waals surface area contributed by atoms with Crippen LogP contribution >= 0.6 is 11.6 Å². The summed E-state index contributed by atoms with van der Waals surface area (Å²) in [6.07, 6.45) is 0. The van der Waals surface area contributed by atoms with Gasteiger partial charge in [0.25, 0.3) is 5.91 Å². The molecule has 130 valence electrons. The van der Waals surface area contributed by atoms with Gasteiger partial charge in [-0.15, -0.1) is 0 Å². The Morgan fingerprint density at radius 1 is 1.32 bits per heavy atom. The van der Waals surface area contributed by atoms with Crippen molar-refractivity contribution in [3.8, 4) is 0 Å². The fourth-order valence-electron chi connectivity index (χ4n) is 2.51. The van der Waals surface area contributed by atoms with Gasteiger partial charge in [-0.1, -0.05) is 0 Å². The molecular weight excluding hydrogens is 346 g/mol. The fraction of sp³-hybridized carbons (Fsp3) is 0.235. The highest BCUT2D eigenvalue weighted by molar-refractivity contribution is 6.29. The SMILES string of the molecule is CC(C)N(Cc1ccc(C(=O)O)o1)C(=O)c1ccc2nc(Cl)[nH]c2c1. The zero-order chi connectivity index (χ0) is 18.1. The lowest BCUT2D eigenvalue weighted by Crippen LogP contribution is -2.36. The third-order valence-electron chi connectivity index (χ3n) is 3.78. The molecule has 25 heavy (non-hydrogen) atoms. The number of carbonyl (C=O) groups is 2. The zero-order valence-electron chi connectivity index (χ0n) is 13.6. The number of aromatic nitrogens is 2. The van der Waals surface area contributed by atoms with E-state index in [4.69, 9.17) is 21.1 Å². The number of rotatable bonds is 5. The van der Waals surface area contributed by atoms with Gasteiger partial charge in [0.15, 0.2) is 0 Å². The highest BCUT2D eigenvalue weighted by atomic mass is 35.5. The molecule has 1 aromatic carbocycles. The molecule has 0 bridgehead atoms. The second-order valence-corrected chi connectivity index (χ2v) is 6.22. The molecule has 8 heteroatoms. The minimum Gasteiger partial charge on any atom is -0.475 e. The highest BCUT2D eigenvalue weighted by Gasteiger charge is 2.22. The number of furan rings is 1. The maximum atomic E-state index is 12.9. The standard InChI is InChI=1S/C17H16ClN3O4/c1-9(2)21(8-11-4-6-14(25-11)16(23)24)15(22)10-3-5-12-13(7-10)20-17(18)19-12/h3-7,9H,8H2,1-2H3,(H,19,20)(H,23,24). The van der Waals surface area contributed by atoms with Crippen LogP contribution in [-0.2, 0) is 6.54 Å². The van der Waals surface area contributed by atoms with Crippen molar-refractivity contribution < 1.29 is 19.1 Å². The Morgan fingerprint density at radius 3 is 2.72 bits per heavy atom. The summed E-state index contributed by atoms with van der Waals surface area (Å²) in [4.78, 5) is 32.4. The van der Waals surface area contributed by atoms with Crippen molar-refractivity contribution in [1.82, 2.24) is 14.9 Å². The van der Waals surface area contributed by atoms with E-state index in [2.05, 4.69) is 9.97 Å². The van der Waals surface area contributed by atoms with Gasteiger partial charge in [0.2, 0.25) is 11.0 Å². The van der Waals surface area contributed by atoms with Crippen molar-refractivity contribution in [1.29, 1.82) is 0 Å². The molecule has 0 saturated carbocycles. The molecule has 3 rings (SSSR count). The van der Waals surface area contributed by atoms with Crippen LogP contribution in [-0.4, -0.2) is 37.9 Å². The number of hydrogen-bond donors (Lipinski definition) is 2. The predicted octanol–water partition coefficient (Wildman–Crippen LogP) is 3.56. The number of carbonyl (C=O) groups excluding carboxylic acids is 1. The number of H-pyrrole nitrogens is 1. The molecule has 0 unspecified atom stereocenters. The summed E-state index contributed by atoms with van der Waals surface area (Å²) < 4.78 is 5.26. The number of aromatic amines is 1. The molecule has 0 atom stereocenters. The van der Waals surface area contributed by atoms with E-state index >= 15 is 0 Å². The van der Waals surface area contributed by atoms with E-state index in [1.807, 2.05) is 13.8 Å². The number of nitrogens with zero attached hydrogens (tertiary/aromatic N) is 2. The summed E-state index contributed by atoms with van der Waals surface area (Å²) >= 11 is 5.84. The lowest BCUT2D eigenvalue weighted by molar-refractivity contribution is 0.0648. The number of fused-ring (bicyclic) bond motifs is 1. The molecule has 2 heterocycles. The van der Waals surface area contributed by atoms with Gasteiger partial charge >= 0.3 is 5.97 Å². The Hall–Kier alpha value is -2.80. The van der Waals surface area contributed by atoms with Crippen LogP contribution in [0, 0.1) is 0 Å². The molecule has 3 aromatic rings. The minimum atomic E-state index is -1.14. The quantitative estimate of drug-likeness (QED) is 0.723. The number of nitrogens with one attached hydrogen (secondary N) is 1. The number of carboxylic acids is 1. The van der Waals surface area contributed by atoms with E-state index in [-0.39, 0.29) is 29.5 Å². The van der Waals surface area contributed by atoms with E-state index in [0.717, 1.165) is 0 Å². The predicted molar refractivity (Wildman–Crippen MR) is 91.8 cm³/mol. The molecule has 2 N–H and O–H groups in total. The number of amides is 1. The van der Waals surface area contributed by atoms with Crippen molar-refractivity contribution in [3.63, 3.8) is 0 Å². The van der Waals surface area contributed by atoms with E-state index in [1.54, 1.807) is 29.2 Å². The van der Waals surface area contributed by atoms with Crippen LogP contribution in [0.3, 0.4) is 0 Å². The summed E-state index contributed by atoms with van der Waals surface area (Å²) in [5, 5.41) is 9.20. The largest absolute Gasteiger partial charge is 0.475 e. The van der Waals surface area contributed by atoms with Gasteiger partial charge < -0.3 is 19.4 Å². The van der Waals surface area contributed by atoms with E-state index < -0.39 is 5.97 Å². The number of aromatic carboxylic acids is 1. The summed E-state index contributed by atoms with van der Waals surface area (Å²) in [7, 11) is 0. The summed E-state index contributed by atoms with van der Waals surface area (Å²) in [5.74, 6) is -1.09. The third-order valence-corrected chi connectivity index (χ3v) is 3.96. The Morgan fingerprint density at radius 2 is 2.08 bits per heavy atom. The molecule has 2 aromatic heterocycles. The maximum absolute atomic E-state index is 12.9. The van der Waals surface area contributed by atoms with Crippen molar-refractivity contribution in [3.05, 3.63) is 52.7 Å². The van der Waals surface area contributed by atoms with Crippen LogP contribution in [0.4, 0.5) is 0 Å². The summed E-state index contributed by atoms with van der Waals surface area (Å²) in [5.41, 5.74) is 1.83. The van der Waals surface area contributed by atoms with Gasteiger partial charge in [0, 0.05) is 11.6 Å². The van der Waals surface area contributed by atoms with Crippen LogP contribution in [0.25, 0.3) is 11.0 Å². The maximum Gasteiger partial charge on any atom is 0.371 e. The first kappa shape index (κ1) is 17.0. The zero-order valence-corrected chi connectivity index (χ0v) is 14.4. The molecule has 1 amide bonds. The topological polar surface area (TPSA) is 99.4 Å². The third kappa shape index (κ3) is 3.51. The van der Waals surface area contributed by atoms with E-state index in [9.17, 15) is 9.59 Å². The lowest BCUT2D eigenvalue weighted by Gasteiger charge is -2.26. The first-order valence-electron chi connectivity index (χ1n) is 7.63. The fourth-order valence-corrected chi connectivity index (χ4v) is 2.70. The molecule has 0 radical (unpaired) electrons. The minimum absolute atomic E-state index is 0.105. The Balaban J connectivity index is 1.87. The Kier molecular flexibility index (Phi) is 4.50. The molecule has 7 nitrogen and oxygen atoms in total. The normalized spacial score (nSPS) is 11.2. The molecule has 0 aliphatic carbocycles. The average Bonchev–Trinajstić information content (AvgIpc) is 3.16. The van der Waals surface area contributed by atoms with Crippen LogP contribution < -0.4 is 0 Å². The first-order chi connectivity index (χ1) is 11.8. The molecule has 0 spiro atoms. The summed E-state index contributed by atoms with van der Waals surface area (Å²) in [6, 6.07) is 7.92. The lowest BCUT2D eigenvalue weighted by atomic mass is 10.1. The molecule has 0 aliphatic rings. The van der Waals surface area contributed by atoms with Crippen LogP contribution in [0.1, 0.15) is 40.5 Å². The first-order valence-corrected chi connectivity index (χ1v) is 8.01. The van der Waals surface area contributed by atoms with Crippen LogP contribution in [0.2, 0.25) is 5.28 Å². The van der Waals surface area contributed by atoms with Crippen molar-refractivity contribution in [2.24, 2.45) is 0 Å². The van der Waals surface area contributed by atoms with Gasteiger partial charge in [0.1, 0.15) is 5.76 Å². The van der Waals surface area contributed by atoms with Crippen LogP contribution in [0.5, 0.6) is 0 Å². The molecular formula is C17H16ClN3O4. The summed E-state index contributed by atoms with van der Waals surface area (Å²) in [6.45, 7) is 3.93. The second kappa shape index (κ2) is 6.60. The number of benzene rings is 1. The number of hydrogen-bond acceptors (Lipinski definition) is 4.